The molecule has 2 N–H and O–H groups in total. The van der Waals surface area contributed by atoms with Gasteiger partial charge in [0, 0.05) is 29.9 Å². The van der Waals surface area contributed by atoms with Gasteiger partial charge in [-0.2, -0.15) is 0 Å². The van der Waals surface area contributed by atoms with Gasteiger partial charge in [-0.05, 0) is 18.2 Å². The van der Waals surface area contributed by atoms with Crippen LogP contribution in [-0.4, -0.2) is 39.4 Å². The zero-order valence-corrected chi connectivity index (χ0v) is 12.2. The zero-order chi connectivity index (χ0) is 15.1. The highest BCUT2D eigenvalue weighted by atomic mass is 16.5. The molecule has 22 heavy (non-hydrogen) atoms. The van der Waals surface area contributed by atoms with Gasteiger partial charge in [-0.1, -0.05) is 0 Å². The number of carbonyl (C=O) groups excluding carboxylic acids is 1. The Labute approximate surface area is 127 Å². The highest BCUT2D eigenvalue weighted by Crippen LogP contribution is 2.23. The molecule has 4 rings (SSSR count). The fourth-order valence-electron chi connectivity index (χ4n) is 2.90. The van der Waals surface area contributed by atoms with E-state index in [0.717, 1.165) is 34.5 Å². The van der Waals surface area contributed by atoms with Crippen LogP contribution < -0.4 is 4.74 Å². The molecule has 1 aliphatic heterocycles. The first kappa shape index (κ1) is 12.9. The quantitative estimate of drug-likeness (QED) is 0.760. The Morgan fingerprint density at radius 1 is 1.36 bits per heavy atom. The lowest BCUT2D eigenvalue weighted by Crippen LogP contribution is -2.36. The summed E-state index contributed by atoms with van der Waals surface area (Å²) in [6, 6.07) is 7.63. The number of aromatic nitrogens is 3. The van der Waals surface area contributed by atoms with Crippen LogP contribution in [0.3, 0.4) is 0 Å². The summed E-state index contributed by atoms with van der Waals surface area (Å²) < 4.78 is 5.21. The molecule has 1 aromatic carbocycles. The SMILES string of the molecule is COc1ccc2cc(C(=O)N3CCc4nc[nH]c4C3)[nH]c2c1. The number of imidazole rings is 1. The summed E-state index contributed by atoms with van der Waals surface area (Å²) in [6.07, 6.45) is 2.48. The van der Waals surface area contributed by atoms with E-state index in [9.17, 15) is 4.79 Å². The molecule has 0 bridgehead atoms. The number of benzene rings is 1. The minimum Gasteiger partial charge on any atom is -0.497 e. The number of rotatable bonds is 2. The third kappa shape index (κ3) is 2.04. The van der Waals surface area contributed by atoms with E-state index in [2.05, 4.69) is 15.0 Å². The van der Waals surface area contributed by atoms with Gasteiger partial charge in [-0.15, -0.1) is 0 Å². The van der Waals surface area contributed by atoms with Crippen molar-refractivity contribution >= 4 is 16.8 Å². The van der Waals surface area contributed by atoms with Crippen LogP contribution in [0, 0.1) is 0 Å². The lowest BCUT2D eigenvalue weighted by atomic mass is 10.1. The molecule has 1 aliphatic rings. The van der Waals surface area contributed by atoms with Crippen molar-refractivity contribution in [2.24, 2.45) is 0 Å². The van der Waals surface area contributed by atoms with Crippen molar-refractivity contribution in [2.45, 2.75) is 13.0 Å². The first-order chi connectivity index (χ1) is 10.7. The number of nitrogens with one attached hydrogen (secondary N) is 2. The Hall–Kier alpha value is -2.76. The maximum absolute atomic E-state index is 12.7. The smallest absolute Gasteiger partial charge is 0.270 e. The number of ether oxygens (including phenoxy) is 1. The molecular weight excluding hydrogens is 280 g/mol. The monoisotopic (exact) mass is 296 g/mol. The molecular formula is C16H16N4O2. The molecule has 0 atom stereocenters. The molecule has 1 amide bonds. The van der Waals surface area contributed by atoms with E-state index in [4.69, 9.17) is 4.74 Å². The minimum atomic E-state index is 0.00965. The largest absolute Gasteiger partial charge is 0.497 e. The number of hydrogen-bond acceptors (Lipinski definition) is 3. The predicted molar refractivity (Wildman–Crippen MR) is 81.9 cm³/mol. The molecule has 6 nitrogen and oxygen atoms in total. The standard InChI is InChI=1S/C16H16N4O2/c1-22-11-3-2-10-6-14(19-13(10)7-11)16(21)20-5-4-12-15(8-20)18-9-17-12/h2-3,6-7,9,19H,4-5,8H2,1H3,(H,17,18). The van der Waals surface area contributed by atoms with Crippen molar-refractivity contribution in [2.75, 3.05) is 13.7 Å². The summed E-state index contributed by atoms with van der Waals surface area (Å²) in [6.45, 7) is 1.27. The highest BCUT2D eigenvalue weighted by molar-refractivity contribution is 5.98. The average Bonchev–Trinajstić information content (AvgIpc) is 3.18. The second-order valence-corrected chi connectivity index (χ2v) is 5.44. The van der Waals surface area contributed by atoms with E-state index < -0.39 is 0 Å². The van der Waals surface area contributed by atoms with Gasteiger partial charge in [0.15, 0.2) is 0 Å². The Morgan fingerprint density at radius 3 is 3.14 bits per heavy atom. The maximum Gasteiger partial charge on any atom is 0.270 e. The Balaban J connectivity index is 1.63. The predicted octanol–water partition coefficient (Wildman–Crippen LogP) is 2.10. The van der Waals surface area contributed by atoms with Crippen LogP contribution in [0.1, 0.15) is 21.9 Å². The number of nitrogens with zero attached hydrogens (tertiary/aromatic N) is 2. The van der Waals surface area contributed by atoms with Crippen molar-refractivity contribution in [3.05, 3.63) is 47.7 Å². The molecule has 0 unspecified atom stereocenters. The van der Waals surface area contributed by atoms with Gasteiger partial charge in [0.25, 0.3) is 5.91 Å². The molecule has 2 aromatic heterocycles. The molecule has 0 saturated heterocycles. The second-order valence-electron chi connectivity index (χ2n) is 5.44. The number of methoxy groups -OCH3 is 1. The number of hydrogen-bond donors (Lipinski definition) is 2. The van der Waals surface area contributed by atoms with Crippen LogP contribution in [-0.2, 0) is 13.0 Å². The number of H-pyrrole nitrogens is 2. The highest BCUT2D eigenvalue weighted by Gasteiger charge is 2.24. The van der Waals surface area contributed by atoms with E-state index >= 15 is 0 Å². The fraction of sp³-hybridized carbons (Fsp3) is 0.250. The van der Waals surface area contributed by atoms with Crippen LogP contribution in [0.5, 0.6) is 5.75 Å². The topological polar surface area (TPSA) is 74.0 Å². The minimum absolute atomic E-state index is 0.00965. The van der Waals surface area contributed by atoms with Gasteiger partial charge in [-0.3, -0.25) is 4.79 Å². The van der Waals surface area contributed by atoms with Crippen LogP contribution in [0.2, 0.25) is 0 Å². The van der Waals surface area contributed by atoms with E-state index in [1.165, 1.54) is 0 Å². The number of fused-ring (bicyclic) bond motifs is 2. The van der Waals surface area contributed by atoms with Crippen molar-refractivity contribution < 1.29 is 9.53 Å². The van der Waals surface area contributed by atoms with Crippen LogP contribution in [0.4, 0.5) is 0 Å². The summed E-state index contributed by atoms with van der Waals surface area (Å²) >= 11 is 0. The van der Waals surface area contributed by atoms with Gasteiger partial charge in [0.1, 0.15) is 11.4 Å². The maximum atomic E-state index is 12.7. The second kappa shape index (κ2) is 4.91. The third-order valence-electron chi connectivity index (χ3n) is 4.12. The molecule has 0 radical (unpaired) electrons. The lowest BCUT2D eigenvalue weighted by molar-refractivity contribution is 0.0727. The van der Waals surface area contributed by atoms with Crippen molar-refractivity contribution in [3.8, 4) is 5.75 Å². The summed E-state index contributed by atoms with van der Waals surface area (Å²) in [5, 5.41) is 1.00. The lowest BCUT2D eigenvalue weighted by Gasteiger charge is -2.25. The van der Waals surface area contributed by atoms with E-state index in [-0.39, 0.29) is 5.91 Å². The third-order valence-corrected chi connectivity index (χ3v) is 4.12. The Kier molecular flexibility index (Phi) is 2.89. The van der Waals surface area contributed by atoms with Crippen molar-refractivity contribution in [1.82, 2.24) is 19.9 Å². The fourth-order valence-corrected chi connectivity index (χ4v) is 2.90. The van der Waals surface area contributed by atoms with E-state index in [1.54, 1.807) is 13.4 Å². The summed E-state index contributed by atoms with van der Waals surface area (Å²) in [4.78, 5) is 25.1. The first-order valence-electron chi connectivity index (χ1n) is 7.22. The Bertz CT molecular complexity index is 849. The summed E-state index contributed by atoms with van der Waals surface area (Å²) in [7, 11) is 1.63. The van der Waals surface area contributed by atoms with Gasteiger partial charge >= 0.3 is 0 Å². The van der Waals surface area contributed by atoms with E-state index in [1.807, 2.05) is 29.2 Å². The Morgan fingerprint density at radius 2 is 2.27 bits per heavy atom. The number of carbonyl (C=O) groups is 1. The number of amides is 1. The first-order valence-corrected chi connectivity index (χ1v) is 7.22. The zero-order valence-electron chi connectivity index (χ0n) is 12.2. The summed E-state index contributed by atoms with van der Waals surface area (Å²) in [5.74, 6) is 0.781. The van der Waals surface area contributed by atoms with E-state index in [0.29, 0.717) is 18.8 Å². The van der Waals surface area contributed by atoms with Crippen LogP contribution >= 0.6 is 0 Å². The molecule has 6 heteroatoms. The van der Waals surface area contributed by atoms with Gasteiger partial charge in [0.2, 0.25) is 0 Å². The molecule has 3 aromatic rings. The summed E-state index contributed by atoms with van der Waals surface area (Å²) in [5.41, 5.74) is 3.59. The van der Waals surface area contributed by atoms with Gasteiger partial charge < -0.3 is 19.6 Å². The van der Waals surface area contributed by atoms with Gasteiger partial charge in [-0.25, -0.2) is 4.98 Å². The molecule has 3 heterocycles. The molecule has 0 saturated carbocycles. The van der Waals surface area contributed by atoms with Gasteiger partial charge in [0.05, 0.1) is 31.4 Å². The van der Waals surface area contributed by atoms with Crippen LogP contribution in [0.15, 0.2) is 30.6 Å². The molecule has 112 valence electrons. The molecule has 0 spiro atoms. The average molecular weight is 296 g/mol. The van der Waals surface area contributed by atoms with Crippen molar-refractivity contribution in [3.63, 3.8) is 0 Å². The van der Waals surface area contributed by atoms with Crippen LogP contribution in [0.25, 0.3) is 10.9 Å². The molecule has 0 fully saturated rings. The normalized spacial score (nSPS) is 14.1. The number of aromatic amines is 2. The van der Waals surface area contributed by atoms with Crippen molar-refractivity contribution in [1.29, 1.82) is 0 Å². The molecule has 0 aliphatic carbocycles.